The van der Waals surface area contributed by atoms with Crippen LogP contribution in [0, 0.1) is 17.8 Å². The molecule has 0 heterocycles. The number of carboxylic acids is 1. The maximum Gasteiger partial charge on any atom is 0.303 e. The van der Waals surface area contributed by atoms with Crippen LogP contribution in [-0.2, 0) is 4.79 Å². The minimum absolute atomic E-state index is 0.418. The molecule has 0 saturated heterocycles. The Morgan fingerprint density at radius 3 is 2.70 bits per heavy atom. The van der Waals surface area contributed by atoms with Gasteiger partial charge in [-0.15, -0.1) is 0 Å². The molecule has 2 nitrogen and oxygen atoms in total. The van der Waals surface area contributed by atoms with Crippen LogP contribution in [0.15, 0.2) is 0 Å². The van der Waals surface area contributed by atoms with E-state index in [1.54, 1.807) is 0 Å². The zero-order valence-corrected chi connectivity index (χ0v) is 5.92. The summed E-state index contributed by atoms with van der Waals surface area (Å²) in [5, 5.41) is 8.51. The van der Waals surface area contributed by atoms with E-state index in [1.165, 1.54) is 19.3 Å². The second-order valence-corrected chi connectivity index (χ2v) is 3.59. The molecule has 0 aliphatic heterocycles. The van der Waals surface area contributed by atoms with Gasteiger partial charge in [-0.3, -0.25) is 4.79 Å². The largest absolute Gasteiger partial charge is 0.481 e. The average Bonchev–Trinajstić information content (AvgIpc) is 2.52. The van der Waals surface area contributed by atoms with E-state index in [0.29, 0.717) is 12.3 Å². The summed E-state index contributed by atoms with van der Waals surface area (Å²) >= 11 is 0. The van der Waals surface area contributed by atoms with Gasteiger partial charge in [-0.2, -0.15) is 0 Å². The first kappa shape index (κ1) is 6.20. The number of aliphatic carboxylic acids is 1. The molecule has 0 radical (unpaired) electrons. The van der Waals surface area contributed by atoms with Crippen LogP contribution < -0.4 is 0 Å². The minimum Gasteiger partial charge on any atom is -0.481 e. The lowest BCUT2D eigenvalue weighted by Gasteiger charge is -2.05. The van der Waals surface area contributed by atoms with E-state index in [1.807, 2.05) is 0 Å². The van der Waals surface area contributed by atoms with Crippen LogP contribution in [0.4, 0.5) is 0 Å². The van der Waals surface area contributed by atoms with Gasteiger partial charge in [-0.1, -0.05) is 0 Å². The lowest BCUT2D eigenvalue weighted by Crippen LogP contribution is -2.06. The van der Waals surface area contributed by atoms with Crippen molar-refractivity contribution in [1.29, 1.82) is 0 Å². The molecule has 2 heteroatoms. The van der Waals surface area contributed by atoms with Crippen molar-refractivity contribution in [3.05, 3.63) is 0 Å². The molecule has 56 valence electrons. The molecule has 3 atom stereocenters. The first-order valence-corrected chi connectivity index (χ1v) is 3.99. The second kappa shape index (κ2) is 1.97. The standard InChI is InChI=1S/C8H12O2/c9-8(10)4-6-2-1-5-3-7(5)6/h5-7H,1-4H2,(H,9,10)/t5-,6-,7-/m0/s1. The van der Waals surface area contributed by atoms with E-state index in [0.717, 1.165) is 11.8 Å². The molecule has 0 spiro atoms. The van der Waals surface area contributed by atoms with Crippen molar-refractivity contribution < 1.29 is 9.90 Å². The van der Waals surface area contributed by atoms with E-state index in [-0.39, 0.29) is 0 Å². The van der Waals surface area contributed by atoms with Gasteiger partial charge >= 0.3 is 5.97 Å². The molecule has 0 aromatic carbocycles. The van der Waals surface area contributed by atoms with E-state index < -0.39 is 5.97 Å². The Morgan fingerprint density at radius 2 is 2.30 bits per heavy atom. The SMILES string of the molecule is O=C(O)C[C@@H]1CC[C@H]2C[C@H]12. The first-order chi connectivity index (χ1) is 4.77. The predicted molar refractivity (Wildman–Crippen MR) is 36.6 cm³/mol. The van der Waals surface area contributed by atoms with Crippen molar-refractivity contribution in [3.8, 4) is 0 Å². The summed E-state index contributed by atoms with van der Waals surface area (Å²) in [4.78, 5) is 10.3. The van der Waals surface area contributed by atoms with E-state index in [4.69, 9.17) is 5.11 Å². The summed E-state index contributed by atoms with van der Waals surface area (Å²) in [5.41, 5.74) is 0. The third-order valence-corrected chi connectivity index (χ3v) is 2.93. The highest BCUT2D eigenvalue weighted by Gasteiger charge is 2.48. The molecular weight excluding hydrogens is 128 g/mol. The van der Waals surface area contributed by atoms with Crippen LogP contribution in [0.5, 0.6) is 0 Å². The fraction of sp³-hybridized carbons (Fsp3) is 0.875. The fourth-order valence-electron chi connectivity index (χ4n) is 2.30. The highest BCUT2D eigenvalue weighted by Crippen LogP contribution is 2.56. The topological polar surface area (TPSA) is 37.3 Å². The lowest BCUT2D eigenvalue weighted by molar-refractivity contribution is -0.138. The average molecular weight is 140 g/mol. The summed E-state index contributed by atoms with van der Waals surface area (Å²) in [6.45, 7) is 0. The fourth-order valence-corrected chi connectivity index (χ4v) is 2.30. The predicted octanol–water partition coefficient (Wildman–Crippen LogP) is 1.51. The molecule has 2 saturated carbocycles. The van der Waals surface area contributed by atoms with Crippen molar-refractivity contribution >= 4 is 5.97 Å². The van der Waals surface area contributed by atoms with Gasteiger partial charge in [0, 0.05) is 6.42 Å². The Kier molecular flexibility index (Phi) is 1.22. The highest BCUT2D eigenvalue weighted by atomic mass is 16.4. The van der Waals surface area contributed by atoms with E-state index >= 15 is 0 Å². The Hall–Kier alpha value is -0.530. The maximum atomic E-state index is 10.3. The van der Waals surface area contributed by atoms with E-state index in [2.05, 4.69) is 0 Å². The molecule has 2 aliphatic rings. The van der Waals surface area contributed by atoms with Gasteiger partial charge in [-0.05, 0) is 37.0 Å². The van der Waals surface area contributed by atoms with Crippen LogP contribution >= 0.6 is 0 Å². The van der Waals surface area contributed by atoms with E-state index in [9.17, 15) is 4.79 Å². The smallest absolute Gasteiger partial charge is 0.303 e. The molecule has 2 aliphatic carbocycles. The maximum absolute atomic E-state index is 10.3. The Bertz CT molecular complexity index is 165. The van der Waals surface area contributed by atoms with Gasteiger partial charge in [0.05, 0.1) is 0 Å². The molecule has 0 unspecified atom stereocenters. The van der Waals surface area contributed by atoms with Crippen molar-refractivity contribution in [3.63, 3.8) is 0 Å². The zero-order chi connectivity index (χ0) is 7.14. The monoisotopic (exact) mass is 140 g/mol. The summed E-state index contributed by atoms with van der Waals surface area (Å²) in [6.07, 6.45) is 4.20. The molecule has 0 aromatic heterocycles. The van der Waals surface area contributed by atoms with Crippen LogP contribution in [0.25, 0.3) is 0 Å². The number of fused-ring (bicyclic) bond motifs is 1. The van der Waals surface area contributed by atoms with Crippen molar-refractivity contribution in [2.24, 2.45) is 17.8 Å². The summed E-state index contributed by atoms with van der Waals surface area (Å²) in [5.74, 6) is 1.64. The normalized spacial score (nSPS) is 43.0. The number of hydrogen-bond donors (Lipinski definition) is 1. The molecule has 0 bridgehead atoms. The Labute approximate surface area is 60.2 Å². The first-order valence-electron chi connectivity index (χ1n) is 3.99. The number of rotatable bonds is 2. The molecule has 0 aromatic rings. The van der Waals surface area contributed by atoms with Gasteiger partial charge in [-0.25, -0.2) is 0 Å². The third kappa shape index (κ3) is 0.917. The molecular formula is C8H12O2. The van der Waals surface area contributed by atoms with Gasteiger partial charge in [0.25, 0.3) is 0 Å². The number of carboxylic acid groups (broad SMARTS) is 1. The highest BCUT2D eigenvalue weighted by molar-refractivity contribution is 5.67. The van der Waals surface area contributed by atoms with Crippen molar-refractivity contribution in [2.75, 3.05) is 0 Å². The Balaban J connectivity index is 1.88. The van der Waals surface area contributed by atoms with Crippen molar-refractivity contribution in [2.45, 2.75) is 25.7 Å². The molecule has 2 fully saturated rings. The second-order valence-electron chi connectivity index (χ2n) is 3.59. The van der Waals surface area contributed by atoms with Crippen LogP contribution in [-0.4, -0.2) is 11.1 Å². The Morgan fingerprint density at radius 1 is 1.50 bits per heavy atom. The molecule has 2 rings (SSSR count). The van der Waals surface area contributed by atoms with Gasteiger partial charge < -0.3 is 5.11 Å². The molecule has 0 amide bonds. The number of hydrogen-bond acceptors (Lipinski definition) is 1. The third-order valence-electron chi connectivity index (χ3n) is 2.93. The molecule has 10 heavy (non-hydrogen) atoms. The van der Waals surface area contributed by atoms with Gasteiger partial charge in [0.2, 0.25) is 0 Å². The van der Waals surface area contributed by atoms with Gasteiger partial charge in [0.15, 0.2) is 0 Å². The summed E-state index contributed by atoms with van der Waals surface area (Å²) in [6, 6.07) is 0. The lowest BCUT2D eigenvalue weighted by atomic mass is 10.00. The summed E-state index contributed by atoms with van der Waals surface area (Å²) in [7, 11) is 0. The summed E-state index contributed by atoms with van der Waals surface area (Å²) < 4.78 is 0. The quantitative estimate of drug-likeness (QED) is 0.631. The van der Waals surface area contributed by atoms with Crippen LogP contribution in [0.1, 0.15) is 25.7 Å². The van der Waals surface area contributed by atoms with Crippen LogP contribution in [0.2, 0.25) is 0 Å². The molecule has 1 N–H and O–H groups in total. The zero-order valence-electron chi connectivity index (χ0n) is 5.92. The number of carbonyl (C=O) groups is 1. The van der Waals surface area contributed by atoms with Crippen LogP contribution in [0.3, 0.4) is 0 Å². The van der Waals surface area contributed by atoms with Crippen molar-refractivity contribution in [1.82, 2.24) is 0 Å². The minimum atomic E-state index is -0.613. The van der Waals surface area contributed by atoms with Gasteiger partial charge in [0.1, 0.15) is 0 Å².